The van der Waals surface area contributed by atoms with Gasteiger partial charge in [0.1, 0.15) is 0 Å². The van der Waals surface area contributed by atoms with Crippen molar-refractivity contribution in [3.05, 3.63) is 59.5 Å². The maximum Gasteiger partial charge on any atom is 0.0755 e. The minimum absolute atomic E-state index is 0.687. The van der Waals surface area contributed by atoms with E-state index in [1.54, 1.807) is 6.20 Å². The van der Waals surface area contributed by atoms with Gasteiger partial charge in [0.25, 0.3) is 0 Å². The van der Waals surface area contributed by atoms with E-state index in [1.807, 2.05) is 60.4 Å². The van der Waals surface area contributed by atoms with Crippen LogP contribution < -0.4 is 0 Å². The lowest BCUT2D eigenvalue weighted by atomic mass is 10.2. The summed E-state index contributed by atoms with van der Waals surface area (Å²) in [5.41, 5.74) is 2.94. The number of nitrogens with zero attached hydrogens (tertiary/aromatic N) is 3. The summed E-state index contributed by atoms with van der Waals surface area (Å²) >= 11 is 5.99. The first-order chi connectivity index (χ1) is 9.28. The van der Waals surface area contributed by atoms with Crippen molar-refractivity contribution in [2.45, 2.75) is 6.92 Å². The molecule has 0 saturated heterocycles. The topological polar surface area (TPSA) is 30.7 Å². The zero-order chi connectivity index (χ0) is 13.2. The van der Waals surface area contributed by atoms with Gasteiger partial charge in [-0.25, -0.2) is 4.68 Å². The number of pyridine rings is 1. The van der Waals surface area contributed by atoms with E-state index in [1.165, 1.54) is 0 Å². The Labute approximate surface area is 116 Å². The standard InChI is InChI=1S/C15H12ClN3/c1-2-3-11-9-18-19(10-11)15-6-7-17-14-8-12(16)4-5-13(14)15/h2-10H,1H3/b3-2-. The van der Waals surface area contributed by atoms with Crippen LogP contribution in [-0.2, 0) is 0 Å². The van der Waals surface area contributed by atoms with Gasteiger partial charge >= 0.3 is 0 Å². The molecule has 1 aromatic carbocycles. The van der Waals surface area contributed by atoms with Gasteiger partial charge in [-0.3, -0.25) is 4.98 Å². The molecule has 0 atom stereocenters. The Bertz CT molecular complexity index is 759. The van der Waals surface area contributed by atoms with Gasteiger partial charge in [0, 0.05) is 28.4 Å². The lowest BCUT2D eigenvalue weighted by Crippen LogP contribution is -1.96. The lowest BCUT2D eigenvalue weighted by Gasteiger charge is -2.05. The van der Waals surface area contributed by atoms with Crippen molar-refractivity contribution in [2.24, 2.45) is 0 Å². The second-order valence-corrected chi connectivity index (χ2v) is 4.65. The van der Waals surface area contributed by atoms with Gasteiger partial charge in [-0.1, -0.05) is 23.8 Å². The molecule has 0 N–H and O–H groups in total. The number of benzene rings is 1. The van der Waals surface area contributed by atoms with Gasteiger partial charge in [0.2, 0.25) is 0 Å². The molecule has 2 heterocycles. The second kappa shape index (κ2) is 4.86. The monoisotopic (exact) mass is 269 g/mol. The molecule has 2 aromatic heterocycles. The van der Waals surface area contributed by atoms with E-state index in [0.29, 0.717) is 5.02 Å². The van der Waals surface area contributed by atoms with Crippen molar-refractivity contribution < 1.29 is 0 Å². The Kier molecular flexibility index (Phi) is 3.05. The van der Waals surface area contributed by atoms with Crippen molar-refractivity contribution in [3.8, 4) is 5.69 Å². The van der Waals surface area contributed by atoms with E-state index in [4.69, 9.17) is 11.6 Å². The molecule has 0 unspecified atom stereocenters. The van der Waals surface area contributed by atoms with Crippen molar-refractivity contribution in [3.63, 3.8) is 0 Å². The van der Waals surface area contributed by atoms with Crippen LogP contribution in [0.5, 0.6) is 0 Å². The summed E-state index contributed by atoms with van der Waals surface area (Å²) in [5.74, 6) is 0. The molecule has 0 saturated carbocycles. The van der Waals surface area contributed by atoms with Gasteiger partial charge in [-0.05, 0) is 31.2 Å². The van der Waals surface area contributed by atoms with Crippen LogP contribution in [0.2, 0.25) is 5.02 Å². The van der Waals surface area contributed by atoms with Crippen LogP contribution in [0.4, 0.5) is 0 Å². The summed E-state index contributed by atoms with van der Waals surface area (Å²) in [4.78, 5) is 4.33. The zero-order valence-corrected chi connectivity index (χ0v) is 11.2. The SMILES string of the molecule is C/C=C\c1cnn(-c2ccnc3cc(Cl)ccc23)c1. The molecular weight excluding hydrogens is 258 g/mol. The maximum absolute atomic E-state index is 5.99. The number of allylic oxidation sites excluding steroid dienone is 1. The molecule has 3 nitrogen and oxygen atoms in total. The minimum Gasteiger partial charge on any atom is -0.256 e. The molecule has 0 radical (unpaired) electrons. The lowest BCUT2D eigenvalue weighted by molar-refractivity contribution is 0.886. The molecule has 3 aromatic rings. The number of rotatable bonds is 2. The first-order valence-corrected chi connectivity index (χ1v) is 6.38. The van der Waals surface area contributed by atoms with Crippen LogP contribution in [0.15, 0.2) is 48.9 Å². The van der Waals surface area contributed by atoms with Gasteiger partial charge in [0.15, 0.2) is 0 Å². The van der Waals surface area contributed by atoms with Crippen LogP contribution in [-0.4, -0.2) is 14.8 Å². The van der Waals surface area contributed by atoms with Gasteiger partial charge in [-0.15, -0.1) is 0 Å². The highest BCUT2D eigenvalue weighted by molar-refractivity contribution is 6.31. The molecule has 0 spiro atoms. The summed E-state index contributed by atoms with van der Waals surface area (Å²) in [6.45, 7) is 1.99. The molecule has 3 rings (SSSR count). The third kappa shape index (κ3) is 2.25. The fraction of sp³-hybridized carbons (Fsp3) is 0.0667. The highest BCUT2D eigenvalue weighted by atomic mass is 35.5. The van der Waals surface area contributed by atoms with E-state index in [0.717, 1.165) is 22.2 Å². The Morgan fingerprint density at radius 2 is 2.16 bits per heavy atom. The smallest absolute Gasteiger partial charge is 0.0755 e. The predicted molar refractivity (Wildman–Crippen MR) is 78.6 cm³/mol. The molecule has 0 amide bonds. The molecule has 0 fully saturated rings. The fourth-order valence-corrected chi connectivity index (χ4v) is 2.22. The second-order valence-electron chi connectivity index (χ2n) is 4.21. The molecule has 0 aliphatic rings. The van der Waals surface area contributed by atoms with Crippen LogP contribution in [0, 0.1) is 0 Å². The predicted octanol–water partition coefficient (Wildman–Crippen LogP) is 4.11. The zero-order valence-electron chi connectivity index (χ0n) is 10.4. The van der Waals surface area contributed by atoms with E-state index in [-0.39, 0.29) is 0 Å². The Hall–Kier alpha value is -2.13. The number of hydrogen-bond acceptors (Lipinski definition) is 2. The first-order valence-electron chi connectivity index (χ1n) is 6.00. The number of aromatic nitrogens is 3. The van der Waals surface area contributed by atoms with E-state index in [2.05, 4.69) is 10.1 Å². The van der Waals surface area contributed by atoms with E-state index in [9.17, 15) is 0 Å². The quantitative estimate of drug-likeness (QED) is 0.701. The average molecular weight is 270 g/mol. The molecule has 0 aliphatic carbocycles. The van der Waals surface area contributed by atoms with Gasteiger partial charge in [-0.2, -0.15) is 5.10 Å². The third-order valence-electron chi connectivity index (χ3n) is 2.89. The van der Waals surface area contributed by atoms with Crippen molar-refractivity contribution in [1.29, 1.82) is 0 Å². The normalized spacial score (nSPS) is 11.5. The summed E-state index contributed by atoms with van der Waals surface area (Å²) in [6.07, 6.45) is 9.60. The molecule has 4 heteroatoms. The van der Waals surface area contributed by atoms with E-state index < -0.39 is 0 Å². The average Bonchev–Trinajstić information content (AvgIpc) is 2.86. The fourth-order valence-electron chi connectivity index (χ4n) is 2.05. The summed E-state index contributed by atoms with van der Waals surface area (Å²) in [7, 11) is 0. The highest BCUT2D eigenvalue weighted by Gasteiger charge is 2.05. The number of hydrogen-bond donors (Lipinski definition) is 0. The molecule has 0 aliphatic heterocycles. The molecular formula is C15H12ClN3. The molecule has 94 valence electrons. The first kappa shape index (κ1) is 11.9. The Balaban J connectivity index is 2.18. The summed E-state index contributed by atoms with van der Waals surface area (Å²) in [6, 6.07) is 7.64. The Morgan fingerprint density at radius 3 is 3.00 bits per heavy atom. The van der Waals surface area contributed by atoms with Crippen molar-refractivity contribution in [2.75, 3.05) is 0 Å². The minimum atomic E-state index is 0.687. The summed E-state index contributed by atoms with van der Waals surface area (Å²) < 4.78 is 1.85. The highest BCUT2D eigenvalue weighted by Crippen LogP contribution is 2.23. The maximum atomic E-state index is 5.99. The van der Waals surface area contributed by atoms with Crippen LogP contribution in [0.1, 0.15) is 12.5 Å². The molecule has 0 bridgehead atoms. The summed E-state index contributed by atoms with van der Waals surface area (Å²) in [5, 5.41) is 6.10. The van der Waals surface area contributed by atoms with Crippen molar-refractivity contribution >= 4 is 28.6 Å². The largest absolute Gasteiger partial charge is 0.256 e. The number of halogens is 1. The van der Waals surface area contributed by atoms with Crippen LogP contribution >= 0.6 is 11.6 Å². The third-order valence-corrected chi connectivity index (χ3v) is 3.13. The van der Waals surface area contributed by atoms with Crippen LogP contribution in [0.3, 0.4) is 0 Å². The van der Waals surface area contributed by atoms with Gasteiger partial charge < -0.3 is 0 Å². The van der Waals surface area contributed by atoms with Crippen LogP contribution in [0.25, 0.3) is 22.7 Å². The van der Waals surface area contributed by atoms with Crippen molar-refractivity contribution in [1.82, 2.24) is 14.8 Å². The molecule has 19 heavy (non-hydrogen) atoms. The van der Waals surface area contributed by atoms with E-state index >= 15 is 0 Å². The van der Waals surface area contributed by atoms with Gasteiger partial charge in [0.05, 0.1) is 17.4 Å². The Morgan fingerprint density at radius 1 is 1.26 bits per heavy atom. The number of fused-ring (bicyclic) bond motifs is 1.